The van der Waals surface area contributed by atoms with E-state index in [4.69, 9.17) is 9.47 Å². The number of nitro groups is 1. The third kappa shape index (κ3) is 2.77. The van der Waals surface area contributed by atoms with Crippen molar-refractivity contribution in [1.82, 2.24) is 0 Å². The third-order valence-electron chi connectivity index (χ3n) is 4.04. The number of aromatic amines is 1. The minimum Gasteiger partial charge on any atom is -0.493 e. The molecule has 2 aromatic rings. The van der Waals surface area contributed by atoms with Gasteiger partial charge in [0.1, 0.15) is 6.54 Å². The Labute approximate surface area is 133 Å². The van der Waals surface area contributed by atoms with E-state index in [0.29, 0.717) is 30.4 Å². The van der Waals surface area contributed by atoms with E-state index in [1.807, 2.05) is 17.0 Å². The van der Waals surface area contributed by atoms with Crippen molar-refractivity contribution in [3.05, 3.63) is 51.7 Å². The van der Waals surface area contributed by atoms with Crippen LogP contribution in [0.1, 0.15) is 11.1 Å². The monoisotopic (exact) mass is 316 g/mol. The number of hydrogen-bond acceptors (Lipinski definition) is 5. The Kier molecular flexibility index (Phi) is 4.01. The molecule has 1 aliphatic rings. The molecular formula is C16H18N3O4+. The van der Waals surface area contributed by atoms with Crippen LogP contribution in [0.2, 0.25) is 0 Å². The minimum atomic E-state index is -0.365. The summed E-state index contributed by atoms with van der Waals surface area (Å²) in [4.78, 5) is 15.8. The lowest BCUT2D eigenvalue weighted by molar-refractivity contribution is -0.411. The van der Waals surface area contributed by atoms with Crippen molar-refractivity contribution in [2.75, 3.05) is 25.7 Å². The average Bonchev–Trinajstić information content (AvgIpc) is 2.59. The molecule has 0 radical (unpaired) electrons. The van der Waals surface area contributed by atoms with Crippen LogP contribution >= 0.6 is 0 Å². The summed E-state index contributed by atoms with van der Waals surface area (Å²) in [5.41, 5.74) is 2.34. The van der Waals surface area contributed by atoms with Crippen LogP contribution < -0.4 is 19.4 Å². The number of nitrogens with one attached hydrogen (secondary N) is 1. The summed E-state index contributed by atoms with van der Waals surface area (Å²) in [5.74, 6) is 1.90. The van der Waals surface area contributed by atoms with E-state index < -0.39 is 0 Å². The number of ether oxygens (including phenoxy) is 2. The van der Waals surface area contributed by atoms with Crippen LogP contribution in [0, 0.1) is 10.1 Å². The topological polar surface area (TPSA) is 79.0 Å². The molecule has 1 N–H and O–H groups in total. The maximum Gasteiger partial charge on any atom is 0.357 e. The van der Waals surface area contributed by atoms with E-state index in [1.165, 1.54) is 11.6 Å². The number of benzene rings is 1. The maximum atomic E-state index is 11.2. The fourth-order valence-electron chi connectivity index (χ4n) is 2.89. The first-order chi connectivity index (χ1) is 11.1. The Morgan fingerprint density at radius 1 is 1.22 bits per heavy atom. The fraction of sp³-hybridized carbons (Fsp3) is 0.312. The molecule has 7 nitrogen and oxygen atoms in total. The lowest BCUT2D eigenvalue weighted by atomic mass is 9.98. The van der Waals surface area contributed by atoms with Gasteiger partial charge in [-0.15, -0.1) is 0 Å². The molecule has 0 bridgehead atoms. The number of aromatic nitrogens is 1. The standard InChI is InChI=1S/C16H17N3O4/c1-22-14-8-11-5-7-18(10-12(11)9-15(14)23-2)16-13(19(20)21)4-3-6-17-16/h3-4,6,8-9H,5,7,10H2,1-2H3/p+1. The van der Waals surface area contributed by atoms with E-state index in [9.17, 15) is 10.1 Å². The summed E-state index contributed by atoms with van der Waals surface area (Å²) in [6, 6.07) is 7.06. The molecule has 0 saturated carbocycles. The largest absolute Gasteiger partial charge is 0.493 e. The number of pyridine rings is 1. The molecular weight excluding hydrogens is 298 g/mol. The van der Waals surface area contributed by atoms with Crippen molar-refractivity contribution in [3.63, 3.8) is 0 Å². The third-order valence-corrected chi connectivity index (χ3v) is 4.04. The quantitative estimate of drug-likeness (QED) is 0.636. The summed E-state index contributed by atoms with van der Waals surface area (Å²) in [6.07, 6.45) is 2.49. The highest BCUT2D eigenvalue weighted by Crippen LogP contribution is 2.35. The van der Waals surface area contributed by atoms with Gasteiger partial charge in [0.2, 0.25) is 0 Å². The Morgan fingerprint density at radius 2 is 1.91 bits per heavy atom. The lowest BCUT2D eigenvalue weighted by Gasteiger charge is -2.24. The van der Waals surface area contributed by atoms with Gasteiger partial charge in [0.05, 0.1) is 31.9 Å². The van der Waals surface area contributed by atoms with Crippen LogP contribution in [0.15, 0.2) is 30.5 Å². The number of H-pyrrole nitrogens is 1. The molecule has 120 valence electrons. The molecule has 0 spiro atoms. The van der Waals surface area contributed by atoms with Gasteiger partial charge in [-0.05, 0) is 23.8 Å². The van der Waals surface area contributed by atoms with Crippen LogP contribution in [0.25, 0.3) is 0 Å². The van der Waals surface area contributed by atoms with Gasteiger partial charge in [-0.3, -0.25) is 15.0 Å². The first-order valence-corrected chi connectivity index (χ1v) is 7.28. The van der Waals surface area contributed by atoms with Crippen molar-refractivity contribution in [2.45, 2.75) is 13.0 Å². The van der Waals surface area contributed by atoms with Crippen LogP contribution in [-0.2, 0) is 13.0 Å². The first kappa shape index (κ1) is 15.1. The number of hydrogen-bond donors (Lipinski definition) is 0. The van der Waals surface area contributed by atoms with Gasteiger partial charge in [-0.1, -0.05) is 0 Å². The molecule has 2 heterocycles. The van der Waals surface area contributed by atoms with E-state index in [-0.39, 0.29) is 10.6 Å². The van der Waals surface area contributed by atoms with E-state index in [1.54, 1.807) is 26.5 Å². The van der Waals surface area contributed by atoms with Crippen molar-refractivity contribution >= 4 is 11.5 Å². The molecule has 3 rings (SSSR count). The summed E-state index contributed by atoms with van der Waals surface area (Å²) < 4.78 is 10.7. The fourth-order valence-corrected chi connectivity index (χ4v) is 2.89. The molecule has 0 saturated heterocycles. The second kappa shape index (κ2) is 6.12. The van der Waals surface area contributed by atoms with Gasteiger partial charge in [-0.2, -0.15) is 0 Å². The highest BCUT2D eigenvalue weighted by molar-refractivity contribution is 5.56. The molecule has 0 fully saturated rings. The maximum absolute atomic E-state index is 11.2. The Balaban J connectivity index is 1.96. The van der Waals surface area contributed by atoms with Crippen LogP contribution in [0.3, 0.4) is 0 Å². The van der Waals surface area contributed by atoms with Crippen LogP contribution in [-0.4, -0.2) is 25.7 Å². The molecule has 23 heavy (non-hydrogen) atoms. The molecule has 1 aromatic heterocycles. The van der Waals surface area contributed by atoms with Crippen molar-refractivity contribution in [1.29, 1.82) is 0 Å². The summed E-state index contributed by atoms with van der Waals surface area (Å²) in [6.45, 7) is 1.28. The van der Waals surface area contributed by atoms with Gasteiger partial charge in [0, 0.05) is 18.1 Å². The van der Waals surface area contributed by atoms with Crippen molar-refractivity contribution in [3.8, 4) is 11.5 Å². The highest BCUT2D eigenvalue weighted by atomic mass is 16.6. The SMILES string of the molecule is COc1cc2c(cc1OC)CN(c1[nH+]cccc1[N+](=O)[O-])CC2. The molecule has 1 aromatic carbocycles. The van der Waals surface area contributed by atoms with E-state index >= 15 is 0 Å². The zero-order valence-electron chi connectivity index (χ0n) is 13.0. The zero-order chi connectivity index (χ0) is 16.4. The molecule has 0 atom stereocenters. The van der Waals surface area contributed by atoms with Crippen molar-refractivity contribution in [2.24, 2.45) is 0 Å². The number of methoxy groups -OCH3 is 2. The van der Waals surface area contributed by atoms with Crippen LogP contribution in [0.5, 0.6) is 11.5 Å². The Bertz CT molecular complexity index is 748. The smallest absolute Gasteiger partial charge is 0.357 e. The second-order valence-corrected chi connectivity index (χ2v) is 5.31. The molecule has 0 unspecified atom stereocenters. The van der Waals surface area contributed by atoms with Gasteiger partial charge in [0.15, 0.2) is 11.5 Å². The number of anilines is 1. The average molecular weight is 316 g/mol. The van der Waals surface area contributed by atoms with Crippen LogP contribution in [0.4, 0.5) is 11.5 Å². The lowest BCUT2D eigenvalue weighted by Crippen LogP contribution is -2.35. The van der Waals surface area contributed by atoms with E-state index in [2.05, 4.69) is 4.98 Å². The van der Waals surface area contributed by atoms with Gasteiger partial charge < -0.3 is 9.47 Å². The molecule has 0 aliphatic carbocycles. The van der Waals surface area contributed by atoms with E-state index in [0.717, 1.165) is 12.0 Å². The second-order valence-electron chi connectivity index (χ2n) is 5.31. The first-order valence-electron chi connectivity index (χ1n) is 7.28. The summed E-state index contributed by atoms with van der Waals surface area (Å²) >= 11 is 0. The predicted octanol–water partition coefficient (Wildman–Crippen LogP) is 1.99. The number of rotatable bonds is 4. The normalized spacial score (nSPS) is 13.4. The molecule has 7 heteroatoms. The number of nitrogens with zero attached hydrogens (tertiary/aromatic N) is 2. The van der Waals surface area contributed by atoms with Gasteiger partial charge in [0.25, 0.3) is 0 Å². The van der Waals surface area contributed by atoms with Gasteiger partial charge in [-0.25, -0.2) is 4.98 Å². The molecule has 0 amide bonds. The molecule has 1 aliphatic heterocycles. The predicted molar refractivity (Wildman–Crippen MR) is 84.0 cm³/mol. The zero-order valence-corrected chi connectivity index (χ0v) is 13.0. The highest BCUT2D eigenvalue weighted by Gasteiger charge is 2.31. The number of fused-ring (bicyclic) bond motifs is 1. The van der Waals surface area contributed by atoms with Crippen molar-refractivity contribution < 1.29 is 19.4 Å². The van der Waals surface area contributed by atoms with Gasteiger partial charge >= 0.3 is 11.5 Å². The summed E-state index contributed by atoms with van der Waals surface area (Å²) in [5, 5.41) is 11.2. The Morgan fingerprint density at radius 3 is 2.57 bits per heavy atom. The Hall–Kier alpha value is -2.83. The minimum absolute atomic E-state index is 0.0800. The summed E-state index contributed by atoms with van der Waals surface area (Å²) in [7, 11) is 3.21.